The number of carbonyl (C=O) groups excluding carboxylic acids is 2. The molecule has 1 aliphatic heterocycles. The molecule has 0 aromatic carbocycles. The van der Waals surface area contributed by atoms with E-state index < -0.39 is 5.60 Å². The molecule has 0 aromatic rings. The largest absolute Gasteiger partial charge is 0.444 e. The second-order valence-electron chi connectivity index (χ2n) is 5.90. The molecule has 0 bridgehead atoms. The highest BCUT2D eigenvalue weighted by molar-refractivity contribution is 5.87. The Morgan fingerprint density at radius 2 is 2.00 bits per heavy atom. The van der Waals surface area contributed by atoms with E-state index in [1.807, 2.05) is 20.8 Å². The number of nitrogens with zero attached hydrogens (tertiary/aromatic N) is 1. The van der Waals surface area contributed by atoms with Crippen LogP contribution in [0.1, 0.15) is 59.8 Å². The molecule has 1 atom stereocenters. The van der Waals surface area contributed by atoms with Gasteiger partial charge in [0.1, 0.15) is 5.60 Å². The van der Waals surface area contributed by atoms with Crippen LogP contribution in [0.3, 0.4) is 0 Å². The first kappa shape index (κ1) is 15.0. The van der Waals surface area contributed by atoms with Crippen LogP contribution in [0.5, 0.6) is 0 Å². The van der Waals surface area contributed by atoms with E-state index in [-0.39, 0.29) is 17.9 Å². The zero-order valence-corrected chi connectivity index (χ0v) is 12.0. The Kier molecular flexibility index (Phi) is 5.17. The summed E-state index contributed by atoms with van der Waals surface area (Å²) in [4.78, 5) is 25.6. The van der Waals surface area contributed by atoms with Crippen molar-refractivity contribution in [3.63, 3.8) is 0 Å². The third kappa shape index (κ3) is 4.31. The zero-order valence-electron chi connectivity index (χ0n) is 12.0. The highest BCUT2D eigenvalue weighted by Gasteiger charge is 2.35. The van der Waals surface area contributed by atoms with Gasteiger partial charge in [-0.3, -0.25) is 9.69 Å². The average molecular weight is 255 g/mol. The van der Waals surface area contributed by atoms with Gasteiger partial charge >= 0.3 is 6.09 Å². The SMILES string of the molecule is CCCCC(=O)C1CCCN1C(=O)OC(C)(C)C. The van der Waals surface area contributed by atoms with Gasteiger partial charge in [-0.05, 0) is 40.0 Å². The van der Waals surface area contributed by atoms with E-state index in [0.717, 1.165) is 25.7 Å². The van der Waals surface area contributed by atoms with Crippen LogP contribution in [0.4, 0.5) is 4.79 Å². The van der Waals surface area contributed by atoms with Gasteiger partial charge < -0.3 is 4.74 Å². The Bertz CT molecular complexity index is 307. The lowest BCUT2D eigenvalue weighted by Crippen LogP contribution is -2.43. The van der Waals surface area contributed by atoms with E-state index in [9.17, 15) is 9.59 Å². The summed E-state index contributed by atoms with van der Waals surface area (Å²) in [5.74, 6) is 0.181. The van der Waals surface area contributed by atoms with Crippen LogP contribution >= 0.6 is 0 Å². The molecule has 1 heterocycles. The minimum atomic E-state index is -0.503. The molecule has 0 N–H and O–H groups in total. The van der Waals surface area contributed by atoms with Crippen molar-refractivity contribution in [1.29, 1.82) is 0 Å². The minimum absolute atomic E-state index is 0.181. The fraction of sp³-hybridized carbons (Fsp3) is 0.857. The van der Waals surface area contributed by atoms with E-state index in [1.54, 1.807) is 4.90 Å². The van der Waals surface area contributed by atoms with Crippen LogP contribution < -0.4 is 0 Å². The van der Waals surface area contributed by atoms with Gasteiger partial charge in [0.2, 0.25) is 0 Å². The van der Waals surface area contributed by atoms with Crippen LogP contribution in [-0.4, -0.2) is 35.0 Å². The van der Waals surface area contributed by atoms with E-state index in [4.69, 9.17) is 4.74 Å². The Hall–Kier alpha value is -1.06. The Labute approximate surface area is 110 Å². The van der Waals surface area contributed by atoms with Gasteiger partial charge in [0, 0.05) is 13.0 Å². The van der Waals surface area contributed by atoms with E-state index in [1.165, 1.54) is 0 Å². The van der Waals surface area contributed by atoms with Crippen molar-refractivity contribution >= 4 is 11.9 Å². The van der Waals surface area contributed by atoms with Gasteiger partial charge in [0.05, 0.1) is 6.04 Å². The average Bonchev–Trinajstić information content (AvgIpc) is 2.72. The van der Waals surface area contributed by atoms with Crippen LogP contribution in [0.2, 0.25) is 0 Å². The van der Waals surface area contributed by atoms with Crippen molar-refractivity contribution in [1.82, 2.24) is 4.90 Å². The molecule has 0 radical (unpaired) electrons. The van der Waals surface area contributed by atoms with Crippen molar-refractivity contribution in [2.45, 2.75) is 71.4 Å². The molecule has 0 spiro atoms. The second kappa shape index (κ2) is 6.21. The summed E-state index contributed by atoms with van der Waals surface area (Å²) in [6.07, 6.45) is 3.79. The van der Waals surface area contributed by atoms with Crippen LogP contribution in [0.25, 0.3) is 0 Å². The summed E-state index contributed by atoms with van der Waals surface area (Å²) < 4.78 is 5.34. The van der Waals surface area contributed by atoms with Gasteiger partial charge in [-0.15, -0.1) is 0 Å². The van der Waals surface area contributed by atoms with E-state index in [2.05, 4.69) is 6.92 Å². The quantitative estimate of drug-likeness (QED) is 0.775. The zero-order chi connectivity index (χ0) is 13.8. The number of likely N-dealkylation sites (tertiary alicyclic amines) is 1. The molecule has 1 amide bonds. The molecule has 1 unspecified atom stereocenters. The number of rotatable bonds is 4. The molecule has 1 rings (SSSR count). The minimum Gasteiger partial charge on any atom is -0.444 e. The molecule has 0 aromatic heterocycles. The van der Waals surface area contributed by atoms with Crippen molar-refractivity contribution in [3.8, 4) is 0 Å². The van der Waals surface area contributed by atoms with E-state index >= 15 is 0 Å². The fourth-order valence-electron chi connectivity index (χ4n) is 2.16. The number of carbonyl (C=O) groups is 2. The first-order valence-electron chi connectivity index (χ1n) is 6.87. The maximum absolute atomic E-state index is 12.0. The monoisotopic (exact) mass is 255 g/mol. The third-order valence-corrected chi connectivity index (χ3v) is 3.03. The van der Waals surface area contributed by atoms with E-state index in [0.29, 0.717) is 13.0 Å². The number of amides is 1. The lowest BCUT2D eigenvalue weighted by Gasteiger charge is -2.28. The summed E-state index contributed by atoms with van der Waals surface area (Å²) in [5.41, 5.74) is -0.503. The first-order chi connectivity index (χ1) is 8.35. The van der Waals surface area contributed by atoms with Gasteiger partial charge in [-0.1, -0.05) is 13.3 Å². The standard InChI is InChI=1S/C14H25NO3/c1-5-6-9-12(16)11-8-7-10-15(11)13(17)18-14(2,3)4/h11H,5-10H2,1-4H3. The highest BCUT2D eigenvalue weighted by atomic mass is 16.6. The number of ether oxygens (including phenoxy) is 1. The number of unbranched alkanes of at least 4 members (excludes halogenated alkanes) is 1. The van der Waals surface area contributed by atoms with Gasteiger partial charge in [-0.25, -0.2) is 4.79 Å². The number of hydrogen-bond acceptors (Lipinski definition) is 3. The van der Waals surface area contributed by atoms with Crippen LogP contribution in [0, 0.1) is 0 Å². The fourth-order valence-corrected chi connectivity index (χ4v) is 2.16. The number of hydrogen-bond donors (Lipinski definition) is 0. The third-order valence-electron chi connectivity index (χ3n) is 3.03. The Balaban J connectivity index is 2.59. The van der Waals surface area contributed by atoms with Crippen LogP contribution in [0.15, 0.2) is 0 Å². The Morgan fingerprint density at radius 1 is 1.33 bits per heavy atom. The maximum Gasteiger partial charge on any atom is 0.410 e. The molecule has 1 fully saturated rings. The maximum atomic E-state index is 12.0. The van der Waals surface area contributed by atoms with Gasteiger partial charge in [0.15, 0.2) is 5.78 Å². The van der Waals surface area contributed by atoms with Crippen molar-refractivity contribution < 1.29 is 14.3 Å². The molecule has 4 nitrogen and oxygen atoms in total. The molecule has 1 saturated heterocycles. The summed E-state index contributed by atoms with van der Waals surface area (Å²) in [7, 11) is 0. The lowest BCUT2D eigenvalue weighted by atomic mass is 10.0. The predicted octanol–water partition coefficient (Wildman–Crippen LogP) is 3.15. The normalized spacial score (nSPS) is 20.0. The Morgan fingerprint density at radius 3 is 2.56 bits per heavy atom. The van der Waals surface area contributed by atoms with Gasteiger partial charge in [-0.2, -0.15) is 0 Å². The number of ketones is 1. The van der Waals surface area contributed by atoms with Gasteiger partial charge in [0.25, 0.3) is 0 Å². The summed E-state index contributed by atoms with van der Waals surface area (Å²) >= 11 is 0. The summed E-state index contributed by atoms with van der Waals surface area (Å²) in [5, 5.41) is 0. The molecule has 0 aliphatic carbocycles. The van der Waals surface area contributed by atoms with Crippen LogP contribution in [-0.2, 0) is 9.53 Å². The second-order valence-corrected chi connectivity index (χ2v) is 5.90. The molecule has 18 heavy (non-hydrogen) atoms. The predicted molar refractivity (Wildman–Crippen MR) is 70.5 cm³/mol. The molecule has 1 aliphatic rings. The molecule has 4 heteroatoms. The molecule has 0 saturated carbocycles. The molecule has 104 valence electrons. The summed E-state index contributed by atoms with van der Waals surface area (Å²) in [6, 6.07) is -0.258. The van der Waals surface area contributed by atoms with Crippen molar-refractivity contribution in [2.75, 3.05) is 6.54 Å². The highest BCUT2D eigenvalue weighted by Crippen LogP contribution is 2.22. The smallest absolute Gasteiger partial charge is 0.410 e. The first-order valence-corrected chi connectivity index (χ1v) is 6.87. The van der Waals surface area contributed by atoms with Crippen molar-refractivity contribution in [3.05, 3.63) is 0 Å². The number of Topliss-reactive ketones (excluding diaryl/α,β-unsaturated/α-hetero) is 1. The summed E-state index contributed by atoms with van der Waals surface area (Å²) in [6.45, 7) is 8.23. The molecular formula is C14H25NO3. The lowest BCUT2D eigenvalue weighted by molar-refractivity contribution is -0.123. The van der Waals surface area contributed by atoms with Crippen molar-refractivity contribution in [2.24, 2.45) is 0 Å². The molecular weight excluding hydrogens is 230 g/mol. The topological polar surface area (TPSA) is 46.6 Å².